The van der Waals surface area contributed by atoms with Gasteiger partial charge in [-0.1, -0.05) is 17.7 Å². The molecule has 0 radical (unpaired) electrons. The number of carbonyl (C=O) groups excluding carboxylic acids is 1. The second-order valence-corrected chi connectivity index (χ2v) is 9.70. The van der Waals surface area contributed by atoms with E-state index in [1.165, 1.54) is 21.3 Å². The Labute approximate surface area is 181 Å². The molecule has 0 saturated carbocycles. The maximum Gasteiger partial charge on any atom is 0.254 e. The zero-order valence-electron chi connectivity index (χ0n) is 17.1. The summed E-state index contributed by atoms with van der Waals surface area (Å²) in [6.07, 6.45) is 0.388. The standard InChI is InChI=1S/C21H24ClNO6S/c1-27-18-9-14(10-19(28-2)20(18)29-3)12-23(17-7-8-30(25,26)13-17)21(24)15-5-4-6-16(22)11-15/h4-6,9-11,17H,7-8,12-13H2,1-3H3/t17-/m0/s1. The van der Waals surface area contributed by atoms with Gasteiger partial charge >= 0.3 is 0 Å². The summed E-state index contributed by atoms with van der Waals surface area (Å²) < 4.78 is 40.3. The first-order valence-corrected chi connectivity index (χ1v) is 11.5. The normalized spacial score (nSPS) is 17.4. The monoisotopic (exact) mass is 453 g/mol. The first kappa shape index (κ1) is 22.2. The van der Waals surface area contributed by atoms with Gasteiger partial charge in [0.1, 0.15) is 0 Å². The Hall–Kier alpha value is -2.45. The van der Waals surface area contributed by atoms with Gasteiger partial charge in [0.2, 0.25) is 5.75 Å². The number of halogens is 1. The maximum absolute atomic E-state index is 13.3. The highest BCUT2D eigenvalue weighted by atomic mass is 35.5. The molecule has 0 unspecified atom stereocenters. The molecule has 0 aromatic heterocycles. The molecule has 162 valence electrons. The third-order valence-electron chi connectivity index (χ3n) is 5.06. The zero-order chi connectivity index (χ0) is 21.9. The van der Waals surface area contributed by atoms with Crippen LogP contribution < -0.4 is 14.2 Å². The number of hydrogen-bond donors (Lipinski definition) is 0. The van der Waals surface area contributed by atoms with E-state index >= 15 is 0 Å². The fourth-order valence-corrected chi connectivity index (χ4v) is 5.52. The number of methoxy groups -OCH3 is 3. The molecular weight excluding hydrogens is 430 g/mol. The molecule has 0 spiro atoms. The molecule has 0 aliphatic carbocycles. The van der Waals surface area contributed by atoms with Crippen LogP contribution in [0.3, 0.4) is 0 Å². The molecule has 30 heavy (non-hydrogen) atoms. The van der Waals surface area contributed by atoms with E-state index in [9.17, 15) is 13.2 Å². The minimum atomic E-state index is -3.18. The van der Waals surface area contributed by atoms with Crippen LogP contribution in [0.15, 0.2) is 36.4 Å². The van der Waals surface area contributed by atoms with Gasteiger partial charge in [-0.05, 0) is 42.3 Å². The van der Waals surface area contributed by atoms with E-state index in [1.807, 2.05) is 0 Å². The van der Waals surface area contributed by atoms with Crippen LogP contribution in [0.4, 0.5) is 0 Å². The zero-order valence-corrected chi connectivity index (χ0v) is 18.6. The first-order valence-electron chi connectivity index (χ1n) is 9.34. The van der Waals surface area contributed by atoms with E-state index in [-0.39, 0.29) is 24.0 Å². The molecule has 3 rings (SSSR count). The van der Waals surface area contributed by atoms with Crippen LogP contribution in [-0.2, 0) is 16.4 Å². The van der Waals surface area contributed by atoms with Crippen LogP contribution in [0.5, 0.6) is 17.2 Å². The summed E-state index contributed by atoms with van der Waals surface area (Å²) >= 11 is 6.06. The first-order chi connectivity index (χ1) is 14.3. The minimum absolute atomic E-state index is 0.0618. The Bertz CT molecular complexity index is 1010. The summed E-state index contributed by atoms with van der Waals surface area (Å²) in [6, 6.07) is 9.70. The molecule has 2 aromatic carbocycles. The Morgan fingerprint density at radius 2 is 1.77 bits per heavy atom. The highest BCUT2D eigenvalue weighted by molar-refractivity contribution is 7.91. The number of benzene rings is 2. The lowest BCUT2D eigenvalue weighted by Gasteiger charge is -2.29. The lowest BCUT2D eigenvalue weighted by molar-refractivity contribution is 0.0680. The predicted octanol–water partition coefficient (Wildman–Crippen LogP) is 3.20. The Morgan fingerprint density at radius 1 is 1.10 bits per heavy atom. The van der Waals surface area contributed by atoms with Crippen LogP contribution in [0.1, 0.15) is 22.3 Å². The summed E-state index contributed by atoms with van der Waals surface area (Å²) in [5.74, 6) is 1.08. The van der Waals surface area contributed by atoms with E-state index in [4.69, 9.17) is 25.8 Å². The molecule has 1 aliphatic rings. The minimum Gasteiger partial charge on any atom is -0.493 e. The van der Waals surface area contributed by atoms with Crippen molar-refractivity contribution in [1.82, 2.24) is 4.90 Å². The van der Waals surface area contributed by atoms with Crippen molar-refractivity contribution in [3.05, 3.63) is 52.5 Å². The van der Waals surface area contributed by atoms with Gasteiger partial charge in [0, 0.05) is 23.2 Å². The molecule has 1 heterocycles. The van der Waals surface area contributed by atoms with Crippen molar-refractivity contribution in [2.24, 2.45) is 0 Å². The lowest BCUT2D eigenvalue weighted by Crippen LogP contribution is -2.40. The molecule has 1 fully saturated rings. The van der Waals surface area contributed by atoms with E-state index in [1.54, 1.807) is 41.3 Å². The molecule has 9 heteroatoms. The highest BCUT2D eigenvalue weighted by Gasteiger charge is 2.35. The van der Waals surface area contributed by atoms with Crippen LogP contribution in [0, 0.1) is 0 Å². The summed E-state index contributed by atoms with van der Waals surface area (Å²) in [7, 11) is 1.36. The topological polar surface area (TPSA) is 82.1 Å². The molecule has 1 amide bonds. The van der Waals surface area contributed by atoms with Gasteiger partial charge in [-0.15, -0.1) is 0 Å². The fraction of sp³-hybridized carbons (Fsp3) is 0.381. The van der Waals surface area contributed by atoms with Gasteiger partial charge in [0.05, 0.1) is 32.8 Å². The Morgan fingerprint density at radius 3 is 2.27 bits per heavy atom. The largest absolute Gasteiger partial charge is 0.493 e. The summed E-state index contributed by atoms with van der Waals surface area (Å²) in [5.41, 5.74) is 1.13. The fourth-order valence-electron chi connectivity index (χ4n) is 3.60. The average molecular weight is 454 g/mol. The van der Waals surface area contributed by atoms with Crippen molar-refractivity contribution < 1.29 is 27.4 Å². The number of nitrogens with zero attached hydrogens (tertiary/aromatic N) is 1. The Kier molecular flexibility index (Phi) is 6.77. The summed E-state index contributed by atoms with van der Waals surface area (Å²) in [5, 5.41) is 0.438. The molecular formula is C21H24ClNO6S. The van der Waals surface area contributed by atoms with Gasteiger partial charge in [-0.3, -0.25) is 4.79 Å². The predicted molar refractivity (Wildman–Crippen MR) is 114 cm³/mol. The van der Waals surface area contributed by atoms with Gasteiger partial charge in [-0.25, -0.2) is 8.42 Å². The van der Waals surface area contributed by atoms with Crippen molar-refractivity contribution in [2.75, 3.05) is 32.8 Å². The average Bonchev–Trinajstić information content (AvgIpc) is 3.09. The molecule has 1 aliphatic heterocycles. The van der Waals surface area contributed by atoms with Crippen LogP contribution in [-0.4, -0.2) is 58.1 Å². The van der Waals surface area contributed by atoms with Gasteiger partial charge in [0.15, 0.2) is 21.3 Å². The summed E-state index contributed by atoms with van der Waals surface area (Å²) in [4.78, 5) is 14.9. The van der Waals surface area contributed by atoms with E-state index in [0.29, 0.717) is 34.3 Å². The summed E-state index contributed by atoms with van der Waals surface area (Å²) in [6.45, 7) is 0.183. The van der Waals surface area contributed by atoms with Crippen LogP contribution in [0.25, 0.3) is 0 Å². The van der Waals surface area contributed by atoms with Crippen molar-refractivity contribution in [3.63, 3.8) is 0 Å². The lowest BCUT2D eigenvalue weighted by atomic mass is 10.1. The van der Waals surface area contributed by atoms with Crippen LogP contribution >= 0.6 is 11.6 Å². The molecule has 1 atom stereocenters. The highest BCUT2D eigenvalue weighted by Crippen LogP contribution is 2.39. The number of amides is 1. The van der Waals surface area contributed by atoms with Gasteiger partial charge < -0.3 is 19.1 Å². The van der Waals surface area contributed by atoms with E-state index in [2.05, 4.69) is 0 Å². The third kappa shape index (κ3) is 4.82. The molecule has 2 aromatic rings. The second-order valence-electron chi connectivity index (χ2n) is 7.03. The molecule has 1 saturated heterocycles. The molecule has 7 nitrogen and oxygen atoms in total. The quantitative estimate of drug-likeness (QED) is 0.640. The third-order valence-corrected chi connectivity index (χ3v) is 7.04. The SMILES string of the molecule is COc1cc(CN(C(=O)c2cccc(Cl)c2)[C@H]2CCS(=O)(=O)C2)cc(OC)c1OC. The Balaban J connectivity index is 2.00. The maximum atomic E-state index is 13.3. The number of carbonyl (C=O) groups is 1. The van der Waals surface area contributed by atoms with E-state index in [0.717, 1.165) is 5.56 Å². The number of sulfone groups is 1. The van der Waals surface area contributed by atoms with Crippen LogP contribution in [0.2, 0.25) is 5.02 Å². The molecule has 0 bridgehead atoms. The number of hydrogen-bond acceptors (Lipinski definition) is 6. The van der Waals surface area contributed by atoms with Gasteiger partial charge in [0.25, 0.3) is 5.91 Å². The van der Waals surface area contributed by atoms with Crippen molar-refractivity contribution >= 4 is 27.3 Å². The van der Waals surface area contributed by atoms with Crippen molar-refractivity contribution in [1.29, 1.82) is 0 Å². The smallest absolute Gasteiger partial charge is 0.254 e. The number of rotatable bonds is 7. The second kappa shape index (κ2) is 9.14. The van der Waals surface area contributed by atoms with Gasteiger partial charge in [-0.2, -0.15) is 0 Å². The number of ether oxygens (including phenoxy) is 3. The van der Waals surface area contributed by atoms with Crippen molar-refractivity contribution in [3.8, 4) is 17.2 Å². The van der Waals surface area contributed by atoms with E-state index < -0.39 is 15.9 Å². The van der Waals surface area contributed by atoms with Crippen molar-refractivity contribution in [2.45, 2.75) is 19.0 Å². The molecule has 0 N–H and O–H groups in total.